The summed E-state index contributed by atoms with van der Waals surface area (Å²) in [5, 5.41) is 8.58. The molecular weight excluding hydrogens is 465 g/mol. The Morgan fingerprint density at radius 2 is 1.74 bits per heavy atom. The van der Waals surface area contributed by atoms with E-state index in [0.717, 1.165) is 41.7 Å². The maximum Gasteiger partial charge on any atom is 0.243 e. The second-order valence-electron chi connectivity index (χ2n) is 8.89. The minimum atomic E-state index is -4.14. The molecule has 3 N–H and O–H groups in total. The van der Waals surface area contributed by atoms with E-state index in [1.54, 1.807) is 4.90 Å². The van der Waals surface area contributed by atoms with Gasteiger partial charge in [0.05, 0.1) is 4.90 Å². The molecule has 4 rings (SSSR count). The Morgan fingerprint density at radius 1 is 1.03 bits per heavy atom. The Kier molecular flexibility index (Phi) is 7.48. The number of piperazine rings is 1. The van der Waals surface area contributed by atoms with E-state index in [2.05, 4.69) is 16.0 Å². The predicted octanol–water partition coefficient (Wildman–Crippen LogP) is -0.578. The lowest BCUT2D eigenvalue weighted by molar-refractivity contribution is -0.141. The van der Waals surface area contributed by atoms with Crippen LogP contribution < -0.4 is 16.0 Å². The van der Waals surface area contributed by atoms with Crippen LogP contribution in [0.5, 0.6) is 0 Å². The Labute approximate surface area is 198 Å². The maximum absolute atomic E-state index is 13.4. The molecule has 12 heteroatoms. The fourth-order valence-corrected chi connectivity index (χ4v) is 6.28. The first-order valence-corrected chi connectivity index (χ1v) is 13.1. The highest BCUT2D eigenvalue weighted by Crippen LogP contribution is 2.25. The fourth-order valence-electron chi connectivity index (χ4n) is 4.71. The molecule has 2 atom stereocenters. The van der Waals surface area contributed by atoms with Crippen LogP contribution in [0.3, 0.4) is 0 Å². The maximum atomic E-state index is 13.4. The SMILES string of the molecule is O=C1NCCC[C@@H]1NC(=O)[C@H]1CN(C(=O)C2CCNCC2)CCN1S(=O)(=O)c1ccc(F)cc1. The summed E-state index contributed by atoms with van der Waals surface area (Å²) in [6.45, 7) is 1.95. The summed E-state index contributed by atoms with van der Waals surface area (Å²) in [6, 6.07) is 2.44. The van der Waals surface area contributed by atoms with Crippen LogP contribution in [0, 0.1) is 11.7 Å². The number of hydrogen-bond acceptors (Lipinski definition) is 6. The Morgan fingerprint density at radius 3 is 2.41 bits per heavy atom. The number of hydrogen-bond donors (Lipinski definition) is 3. The van der Waals surface area contributed by atoms with Crippen LogP contribution in [0.1, 0.15) is 25.7 Å². The van der Waals surface area contributed by atoms with Gasteiger partial charge in [0.15, 0.2) is 0 Å². The molecule has 3 fully saturated rings. The molecule has 0 spiro atoms. The van der Waals surface area contributed by atoms with E-state index in [0.29, 0.717) is 32.2 Å². The molecule has 186 valence electrons. The van der Waals surface area contributed by atoms with Crippen molar-refractivity contribution in [1.82, 2.24) is 25.2 Å². The van der Waals surface area contributed by atoms with Crippen molar-refractivity contribution in [1.29, 1.82) is 0 Å². The molecular formula is C22H30FN5O5S. The van der Waals surface area contributed by atoms with Gasteiger partial charge in [-0.05, 0) is 63.0 Å². The number of nitrogens with one attached hydrogen (secondary N) is 3. The van der Waals surface area contributed by atoms with Gasteiger partial charge < -0.3 is 20.9 Å². The second-order valence-corrected chi connectivity index (χ2v) is 10.8. The second kappa shape index (κ2) is 10.4. The monoisotopic (exact) mass is 495 g/mol. The number of piperidine rings is 2. The normalized spacial score (nSPS) is 25.0. The van der Waals surface area contributed by atoms with Crippen LogP contribution in [-0.2, 0) is 24.4 Å². The van der Waals surface area contributed by atoms with Crippen molar-refractivity contribution in [3.05, 3.63) is 30.1 Å². The Balaban J connectivity index is 1.58. The highest BCUT2D eigenvalue weighted by atomic mass is 32.2. The van der Waals surface area contributed by atoms with Crippen LogP contribution in [0.25, 0.3) is 0 Å². The quantitative estimate of drug-likeness (QED) is 0.502. The smallest absolute Gasteiger partial charge is 0.243 e. The van der Waals surface area contributed by atoms with Gasteiger partial charge in [-0.3, -0.25) is 14.4 Å². The number of sulfonamides is 1. The molecule has 0 saturated carbocycles. The fraction of sp³-hybridized carbons (Fsp3) is 0.591. The van der Waals surface area contributed by atoms with E-state index in [-0.39, 0.29) is 42.3 Å². The van der Waals surface area contributed by atoms with E-state index in [9.17, 15) is 27.2 Å². The third kappa shape index (κ3) is 5.23. The van der Waals surface area contributed by atoms with Gasteiger partial charge in [-0.25, -0.2) is 12.8 Å². The first-order chi connectivity index (χ1) is 16.3. The van der Waals surface area contributed by atoms with Gasteiger partial charge in [0.1, 0.15) is 17.9 Å². The zero-order chi connectivity index (χ0) is 24.3. The van der Waals surface area contributed by atoms with Crippen LogP contribution in [-0.4, -0.2) is 86.7 Å². The van der Waals surface area contributed by atoms with Gasteiger partial charge in [-0.15, -0.1) is 0 Å². The topological polar surface area (TPSA) is 128 Å². The molecule has 0 aromatic heterocycles. The van der Waals surface area contributed by atoms with Gasteiger partial charge >= 0.3 is 0 Å². The number of benzene rings is 1. The minimum absolute atomic E-state index is 0.0780. The number of rotatable bonds is 5. The van der Waals surface area contributed by atoms with Crippen molar-refractivity contribution < 1.29 is 27.2 Å². The molecule has 0 radical (unpaired) electrons. The summed E-state index contributed by atoms with van der Waals surface area (Å²) < 4.78 is 41.2. The predicted molar refractivity (Wildman–Crippen MR) is 120 cm³/mol. The largest absolute Gasteiger partial charge is 0.354 e. The average Bonchev–Trinajstić information content (AvgIpc) is 2.85. The molecule has 3 heterocycles. The molecule has 0 aliphatic carbocycles. The molecule has 1 aromatic carbocycles. The van der Waals surface area contributed by atoms with E-state index in [1.807, 2.05) is 0 Å². The van der Waals surface area contributed by atoms with Crippen LogP contribution >= 0.6 is 0 Å². The van der Waals surface area contributed by atoms with Crippen LogP contribution in [0.2, 0.25) is 0 Å². The van der Waals surface area contributed by atoms with Crippen LogP contribution in [0.15, 0.2) is 29.2 Å². The van der Waals surface area contributed by atoms with Crippen molar-refractivity contribution >= 4 is 27.7 Å². The lowest BCUT2D eigenvalue weighted by Crippen LogP contribution is -2.64. The number of amides is 3. The minimum Gasteiger partial charge on any atom is -0.354 e. The Hall–Kier alpha value is -2.57. The van der Waals surface area contributed by atoms with Gasteiger partial charge in [0, 0.05) is 32.1 Å². The van der Waals surface area contributed by atoms with Crippen LogP contribution in [0.4, 0.5) is 4.39 Å². The molecule has 10 nitrogen and oxygen atoms in total. The van der Waals surface area contributed by atoms with Gasteiger partial charge in [0.25, 0.3) is 0 Å². The first kappa shape index (κ1) is 24.6. The number of halogens is 1. The summed E-state index contributed by atoms with van der Waals surface area (Å²) in [6.07, 6.45) is 2.52. The summed E-state index contributed by atoms with van der Waals surface area (Å²) in [5.74, 6) is -1.78. The first-order valence-electron chi connectivity index (χ1n) is 11.6. The summed E-state index contributed by atoms with van der Waals surface area (Å²) in [7, 11) is -4.14. The molecule has 1 aromatic rings. The Bertz CT molecular complexity index is 1030. The third-order valence-corrected chi connectivity index (χ3v) is 8.58. The van der Waals surface area contributed by atoms with E-state index >= 15 is 0 Å². The summed E-state index contributed by atoms with van der Waals surface area (Å²) in [5.41, 5.74) is 0. The zero-order valence-electron chi connectivity index (χ0n) is 18.8. The lowest BCUT2D eigenvalue weighted by Gasteiger charge is -2.41. The van der Waals surface area contributed by atoms with Crippen molar-refractivity contribution in [3.63, 3.8) is 0 Å². The summed E-state index contributed by atoms with van der Waals surface area (Å²) in [4.78, 5) is 40.0. The molecule has 34 heavy (non-hydrogen) atoms. The molecule has 3 aliphatic heterocycles. The van der Waals surface area contributed by atoms with Crippen molar-refractivity contribution in [2.24, 2.45) is 5.92 Å². The third-order valence-electron chi connectivity index (χ3n) is 6.66. The van der Waals surface area contributed by atoms with E-state index in [1.165, 1.54) is 0 Å². The zero-order valence-corrected chi connectivity index (χ0v) is 19.7. The average molecular weight is 496 g/mol. The molecule has 3 saturated heterocycles. The standard InChI is InChI=1S/C22H30FN5O5S/c23-16-3-5-17(6-4-16)34(32,33)28-13-12-27(22(31)15-7-10-24-11-8-15)14-19(28)21(30)26-18-2-1-9-25-20(18)29/h3-6,15,18-19,24H,1-2,7-14H2,(H,25,29)(H,26,30)/t18-,19+/m0/s1. The molecule has 3 amide bonds. The number of carbonyl (C=O) groups is 3. The van der Waals surface area contributed by atoms with Crippen molar-refractivity contribution in [2.45, 2.75) is 42.7 Å². The molecule has 3 aliphatic rings. The molecule has 0 bridgehead atoms. The highest BCUT2D eigenvalue weighted by Gasteiger charge is 2.43. The van der Waals surface area contributed by atoms with Crippen molar-refractivity contribution in [2.75, 3.05) is 39.3 Å². The summed E-state index contributed by atoms with van der Waals surface area (Å²) >= 11 is 0. The van der Waals surface area contributed by atoms with Gasteiger partial charge in [-0.1, -0.05) is 0 Å². The number of carbonyl (C=O) groups excluding carboxylic acids is 3. The van der Waals surface area contributed by atoms with Gasteiger partial charge in [0.2, 0.25) is 27.7 Å². The van der Waals surface area contributed by atoms with Gasteiger partial charge in [-0.2, -0.15) is 4.31 Å². The van der Waals surface area contributed by atoms with E-state index in [4.69, 9.17) is 0 Å². The van der Waals surface area contributed by atoms with E-state index < -0.39 is 33.8 Å². The molecule has 0 unspecified atom stereocenters. The van der Waals surface area contributed by atoms with Crippen molar-refractivity contribution in [3.8, 4) is 0 Å². The highest BCUT2D eigenvalue weighted by molar-refractivity contribution is 7.89. The lowest BCUT2D eigenvalue weighted by atomic mass is 9.96. The number of nitrogens with zero attached hydrogens (tertiary/aromatic N) is 2.